The fourth-order valence-corrected chi connectivity index (χ4v) is 22.5. The number of pyridine rings is 12. The van der Waals surface area contributed by atoms with Crippen molar-refractivity contribution in [1.29, 1.82) is 0 Å². The third-order valence-electron chi connectivity index (χ3n) is 27.9. The largest absolute Gasteiger partial charge is 0.295 e. The molecule has 8 aliphatic carbocycles. The molecule has 0 unspecified atom stereocenters. The molecule has 16 heterocycles. The smallest absolute Gasteiger partial charge is 0.164 e. The number of rotatable bonds is 0. The topological polar surface area (TPSA) is 172 Å². The van der Waals surface area contributed by atoms with Crippen molar-refractivity contribution in [1.82, 2.24) is 77.4 Å². The van der Waals surface area contributed by atoms with Gasteiger partial charge in [0.1, 0.15) is 22.5 Å². The quantitative estimate of drug-likeness (QED) is 0.132. The van der Waals surface area contributed by atoms with Gasteiger partial charge in [-0.25, -0.2) is 19.9 Å². The highest BCUT2D eigenvalue weighted by Crippen LogP contribution is 2.52. The Morgan fingerprint density at radius 2 is 0.484 bits per heavy atom. The molecular weight excluding hydrogens is 1520 g/mol. The molecule has 0 radical (unpaired) electrons. The minimum Gasteiger partial charge on any atom is -0.295 e. The molecule has 0 atom stereocenters. The summed E-state index contributed by atoms with van der Waals surface area (Å²) >= 11 is 0. The Balaban J connectivity index is 0.0000000828. The zero-order valence-corrected chi connectivity index (χ0v) is 66.5. The number of benzene rings is 8. The lowest BCUT2D eigenvalue weighted by atomic mass is 9.99. The SMILES string of the molecule is c1ccc2c(c1)Cc1cc3c(cc1-2)Cc1c-3nc2c3cccnc3c3cnccc3n12.c1ccc2c(c1)Cc1cc3c(cc1-2)Cc1c-3nc2c3ccncc3c3cnccc3n12.c1ccc2c(c1)Cc1cc3c(cc1-2)Cc1c-3nc2c3cnccc3c3cnccc3n12.c1ccc2c(c1)Cc1cc3c(cc1-2)Cc1c-3nc2c3ncccc3c3cnccc3n12. The number of hydrogen-bond acceptors (Lipinski definition) is 12. The van der Waals surface area contributed by atoms with E-state index >= 15 is 0 Å². The molecule has 0 spiro atoms. The summed E-state index contributed by atoms with van der Waals surface area (Å²) in [5.74, 6) is 0. The molecule has 0 aliphatic heterocycles. The van der Waals surface area contributed by atoms with E-state index in [1.807, 2.05) is 98.9 Å². The first-order valence-electron chi connectivity index (χ1n) is 42.5. The molecule has 24 aromatic rings. The maximum absolute atomic E-state index is 5.20. The average molecular weight is 1590 g/mol. The van der Waals surface area contributed by atoms with Gasteiger partial charge < -0.3 is 0 Å². The molecule has 0 fully saturated rings. The van der Waals surface area contributed by atoms with Crippen LogP contribution in [0.15, 0.2) is 293 Å². The number of imidazole rings is 4. The molecule has 16 nitrogen and oxygen atoms in total. The molecule has 16 aromatic heterocycles. The zero-order valence-electron chi connectivity index (χ0n) is 66.5. The lowest BCUT2D eigenvalue weighted by Crippen LogP contribution is -1.97. The van der Waals surface area contributed by atoms with Gasteiger partial charge in [-0.2, -0.15) is 0 Å². The Labute approximate surface area is 706 Å². The first-order valence-corrected chi connectivity index (χ1v) is 42.5. The molecule has 0 bridgehead atoms. The van der Waals surface area contributed by atoms with Crippen LogP contribution in [0.2, 0.25) is 0 Å². The number of fused-ring (bicyclic) bond motifs is 52. The first kappa shape index (κ1) is 66.7. The van der Waals surface area contributed by atoms with Crippen LogP contribution in [0.3, 0.4) is 0 Å². The lowest BCUT2D eigenvalue weighted by Gasteiger charge is -2.09. The number of nitrogens with zero attached hydrogens (tertiary/aromatic N) is 16. The van der Waals surface area contributed by atoms with E-state index < -0.39 is 0 Å². The van der Waals surface area contributed by atoms with Gasteiger partial charge in [-0.1, -0.05) is 103 Å². The van der Waals surface area contributed by atoms with Crippen molar-refractivity contribution >= 4 is 110 Å². The summed E-state index contributed by atoms with van der Waals surface area (Å²) in [7, 11) is 0. The first-order chi connectivity index (χ1) is 61.5. The number of aromatic nitrogens is 16. The van der Waals surface area contributed by atoms with Gasteiger partial charge in [-0.3, -0.25) is 57.5 Å². The van der Waals surface area contributed by atoms with Gasteiger partial charge in [-0.15, -0.1) is 0 Å². The normalized spacial score (nSPS) is 13.5. The molecule has 124 heavy (non-hydrogen) atoms. The van der Waals surface area contributed by atoms with Crippen LogP contribution in [0.5, 0.6) is 0 Å². The van der Waals surface area contributed by atoms with Crippen molar-refractivity contribution in [2.45, 2.75) is 51.4 Å². The summed E-state index contributed by atoms with van der Waals surface area (Å²) in [6, 6.07) is 74.9. The van der Waals surface area contributed by atoms with Gasteiger partial charge >= 0.3 is 0 Å². The van der Waals surface area contributed by atoms with E-state index in [0.29, 0.717) is 0 Å². The van der Waals surface area contributed by atoms with E-state index in [0.717, 1.165) is 184 Å². The monoisotopic (exact) mass is 1580 g/mol. The van der Waals surface area contributed by atoms with Crippen LogP contribution in [-0.2, 0) is 51.4 Å². The van der Waals surface area contributed by atoms with Crippen molar-refractivity contribution in [3.63, 3.8) is 0 Å². The summed E-state index contributed by atoms with van der Waals surface area (Å²) < 4.78 is 9.30. The summed E-state index contributed by atoms with van der Waals surface area (Å²) in [5, 5.41) is 11.1. The molecule has 8 aromatic carbocycles. The van der Waals surface area contributed by atoms with Crippen LogP contribution < -0.4 is 0 Å². The molecule has 0 saturated carbocycles. The molecule has 0 N–H and O–H groups in total. The maximum Gasteiger partial charge on any atom is 0.164 e. The maximum atomic E-state index is 5.20. The highest BCUT2D eigenvalue weighted by Gasteiger charge is 2.36. The van der Waals surface area contributed by atoms with Crippen molar-refractivity contribution in [2.24, 2.45) is 0 Å². The van der Waals surface area contributed by atoms with Crippen molar-refractivity contribution < 1.29 is 0 Å². The Hall–Kier alpha value is -16.2. The van der Waals surface area contributed by atoms with Crippen LogP contribution in [0, 0.1) is 0 Å². The molecular formula is C108H64N16. The second-order valence-corrected chi connectivity index (χ2v) is 34.2. The standard InChI is InChI=1S/4C27H16N4/c1-2-5-18-15(4-1)10-16-12-21-17(11-20(16)18)13-24-26(21)30-27-19-6-3-8-29-25(19)22-14-28-9-7-23(22)31(24)27;1-2-5-18-15(4-1)10-16-12-21-17(11-20(16)18)13-24-25(21)30-27-26-19(6-3-8-29-26)22-14-28-9-7-23(22)31(24)27;1-2-4-18-15(3-1)9-16-11-21-17(10-20(16)18)12-25-26(21)30-27-19-5-7-28-13-22(19)23-14-29-8-6-24(23)31(25)27;1-2-4-18-15(3-1)9-16-11-21-17(10-20(16)18)12-25-26(21)30-27-23-14-28-7-5-19(23)22-13-29-8-6-24(22)31(25)27/h2*1-9,11-12,14H,10,13H2;2*1-8,10-11,13-14H,9,12H2. The molecule has 8 aliphatic rings. The summed E-state index contributed by atoms with van der Waals surface area (Å²) in [6.45, 7) is 0. The van der Waals surface area contributed by atoms with Gasteiger partial charge in [0, 0.05) is 183 Å². The fraction of sp³-hybridized carbons (Fsp3) is 0.0741. The zero-order chi connectivity index (χ0) is 80.4. The lowest BCUT2D eigenvalue weighted by molar-refractivity contribution is 1.09. The van der Waals surface area contributed by atoms with Crippen LogP contribution in [0.25, 0.3) is 199 Å². The highest BCUT2D eigenvalue weighted by molar-refractivity contribution is 6.15. The number of hydrogen-bond donors (Lipinski definition) is 0. The van der Waals surface area contributed by atoms with Crippen molar-refractivity contribution in [3.05, 3.63) is 383 Å². The van der Waals surface area contributed by atoms with Crippen LogP contribution in [0.4, 0.5) is 0 Å². The van der Waals surface area contributed by atoms with Crippen molar-refractivity contribution in [3.8, 4) is 89.5 Å². The predicted molar refractivity (Wildman–Crippen MR) is 489 cm³/mol. The highest BCUT2D eigenvalue weighted by atomic mass is 15.1. The molecule has 0 amide bonds. The van der Waals surface area contributed by atoms with Crippen LogP contribution in [-0.4, -0.2) is 77.4 Å². The van der Waals surface area contributed by atoms with E-state index in [1.165, 1.54) is 156 Å². The molecule has 32 rings (SSSR count). The third kappa shape index (κ3) is 9.18. The third-order valence-corrected chi connectivity index (χ3v) is 27.9. The van der Waals surface area contributed by atoms with Crippen LogP contribution >= 0.6 is 0 Å². The van der Waals surface area contributed by atoms with Gasteiger partial charge in [0.05, 0.1) is 73.1 Å². The summed E-state index contributed by atoms with van der Waals surface area (Å²) in [4.78, 5) is 56.4. The summed E-state index contributed by atoms with van der Waals surface area (Å²) in [5.41, 5.74) is 52.9. The van der Waals surface area contributed by atoms with E-state index in [-0.39, 0.29) is 0 Å². The van der Waals surface area contributed by atoms with Gasteiger partial charge in [0.25, 0.3) is 0 Å². The summed E-state index contributed by atoms with van der Waals surface area (Å²) in [6.07, 6.45) is 34.0. The second-order valence-electron chi connectivity index (χ2n) is 34.2. The van der Waals surface area contributed by atoms with E-state index in [1.54, 1.807) is 0 Å². The Morgan fingerprint density at radius 3 is 0.919 bits per heavy atom. The minimum absolute atomic E-state index is 0.886. The Bertz CT molecular complexity index is 8010. The van der Waals surface area contributed by atoms with Crippen molar-refractivity contribution in [2.75, 3.05) is 0 Å². The van der Waals surface area contributed by atoms with E-state index in [2.05, 4.69) is 247 Å². The second kappa shape index (κ2) is 24.7. The predicted octanol–water partition coefficient (Wildman–Crippen LogP) is 22.3. The fourth-order valence-electron chi connectivity index (χ4n) is 22.5. The molecule has 16 heteroatoms. The Morgan fingerprint density at radius 1 is 0.185 bits per heavy atom. The van der Waals surface area contributed by atoms with E-state index in [4.69, 9.17) is 24.9 Å². The van der Waals surface area contributed by atoms with Crippen LogP contribution in [0.1, 0.15) is 89.5 Å². The molecule has 0 saturated heterocycles. The average Bonchev–Trinajstić information content (AvgIpc) is 1.54. The molecule has 576 valence electrons. The van der Waals surface area contributed by atoms with Gasteiger partial charge in [0.15, 0.2) is 5.65 Å². The van der Waals surface area contributed by atoms with Gasteiger partial charge in [0.2, 0.25) is 0 Å². The minimum atomic E-state index is 0.886. The van der Waals surface area contributed by atoms with Gasteiger partial charge in [-0.05, 0) is 245 Å². The van der Waals surface area contributed by atoms with E-state index in [9.17, 15) is 0 Å². The Kier molecular flexibility index (Phi) is 13.3.